The van der Waals surface area contributed by atoms with Gasteiger partial charge >= 0.3 is 0 Å². The molecule has 2 aromatic rings. The molecule has 1 amide bonds. The number of rotatable bonds is 9. The van der Waals surface area contributed by atoms with Gasteiger partial charge in [0.1, 0.15) is 12.3 Å². The van der Waals surface area contributed by atoms with Crippen molar-refractivity contribution in [2.24, 2.45) is 17.8 Å². The molecule has 0 aliphatic heterocycles. The van der Waals surface area contributed by atoms with Gasteiger partial charge in [-0.25, -0.2) is 8.42 Å². The number of ether oxygens (including phenoxy) is 1. The van der Waals surface area contributed by atoms with Gasteiger partial charge in [0, 0.05) is 0 Å². The van der Waals surface area contributed by atoms with Crippen LogP contribution in [0.3, 0.4) is 0 Å². The van der Waals surface area contributed by atoms with Gasteiger partial charge in [0.15, 0.2) is 0 Å². The SMILES string of the molecule is CC[C@@H](NC(=O)CN(c1ccc(C23CC4CC(CC(C4)C2)C3)cc1)S(C)(=O)=O)c1ccc(OC)c(C)c1. The zero-order valence-corrected chi connectivity index (χ0v) is 23.3. The Morgan fingerprint density at radius 2 is 1.65 bits per heavy atom. The molecule has 0 heterocycles. The minimum absolute atomic E-state index is 0.211. The van der Waals surface area contributed by atoms with Crippen LogP contribution >= 0.6 is 0 Å². The first-order valence-corrected chi connectivity index (χ1v) is 15.5. The fraction of sp³-hybridized carbons (Fsp3) is 0.567. The molecule has 0 spiro atoms. The van der Waals surface area contributed by atoms with Crippen LogP contribution in [-0.2, 0) is 20.2 Å². The molecule has 0 unspecified atom stereocenters. The molecule has 1 atom stereocenters. The summed E-state index contributed by atoms with van der Waals surface area (Å²) >= 11 is 0. The number of sulfonamides is 1. The molecule has 0 radical (unpaired) electrons. The van der Waals surface area contributed by atoms with Gasteiger partial charge in [-0.1, -0.05) is 31.2 Å². The Labute approximate surface area is 221 Å². The van der Waals surface area contributed by atoms with E-state index in [0.29, 0.717) is 12.1 Å². The molecular formula is C30H40N2O4S. The summed E-state index contributed by atoms with van der Waals surface area (Å²) in [5, 5.41) is 3.03. The predicted octanol–water partition coefficient (Wildman–Crippen LogP) is 5.50. The summed E-state index contributed by atoms with van der Waals surface area (Å²) in [6, 6.07) is 13.7. The molecular weight excluding hydrogens is 484 g/mol. The summed E-state index contributed by atoms with van der Waals surface area (Å²) in [4.78, 5) is 13.1. The Hall–Kier alpha value is -2.54. The number of amides is 1. The van der Waals surface area contributed by atoms with E-state index in [0.717, 1.165) is 40.9 Å². The molecule has 4 saturated carbocycles. The van der Waals surface area contributed by atoms with E-state index in [-0.39, 0.29) is 23.9 Å². The molecule has 4 bridgehead atoms. The molecule has 6 rings (SSSR count). The maximum Gasteiger partial charge on any atom is 0.241 e. The monoisotopic (exact) mass is 524 g/mol. The molecule has 4 fully saturated rings. The summed E-state index contributed by atoms with van der Waals surface area (Å²) in [6.07, 6.45) is 9.82. The molecule has 2 aromatic carbocycles. The van der Waals surface area contributed by atoms with Crippen molar-refractivity contribution in [3.63, 3.8) is 0 Å². The minimum atomic E-state index is -3.64. The van der Waals surface area contributed by atoms with E-state index < -0.39 is 10.0 Å². The molecule has 4 aliphatic carbocycles. The van der Waals surface area contributed by atoms with E-state index >= 15 is 0 Å². The highest BCUT2D eigenvalue weighted by Crippen LogP contribution is 2.60. The summed E-state index contributed by atoms with van der Waals surface area (Å²) in [6.45, 7) is 3.72. The van der Waals surface area contributed by atoms with Gasteiger partial charge in [0.05, 0.1) is 25.1 Å². The number of anilines is 1. The first-order chi connectivity index (χ1) is 17.6. The zero-order valence-electron chi connectivity index (χ0n) is 22.5. The van der Waals surface area contributed by atoms with E-state index in [1.54, 1.807) is 7.11 Å². The van der Waals surface area contributed by atoms with Gasteiger partial charge in [-0.15, -0.1) is 0 Å². The number of carbonyl (C=O) groups excluding carboxylic acids is 1. The smallest absolute Gasteiger partial charge is 0.241 e. The number of nitrogens with one attached hydrogen (secondary N) is 1. The van der Waals surface area contributed by atoms with Gasteiger partial charge in [0.2, 0.25) is 15.9 Å². The van der Waals surface area contributed by atoms with Crippen molar-refractivity contribution in [3.05, 3.63) is 59.2 Å². The highest BCUT2D eigenvalue weighted by atomic mass is 32.2. The zero-order chi connectivity index (χ0) is 26.4. The van der Waals surface area contributed by atoms with Crippen LogP contribution in [0.2, 0.25) is 0 Å². The second-order valence-electron chi connectivity index (χ2n) is 11.8. The van der Waals surface area contributed by atoms with Crippen LogP contribution in [0, 0.1) is 24.7 Å². The van der Waals surface area contributed by atoms with Crippen LogP contribution in [0.1, 0.15) is 74.6 Å². The Morgan fingerprint density at radius 1 is 1.05 bits per heavy atom. The number of aryl methyl sites for hydroxylation is 1. The fourth-order valence-electron chi connectivity index (χ4n) is 7.76. The Balaban J connectivity index is 1.31. The van der Waals surface area contributed by atoms with E-state index in [4.69, 9.17) is 4.74 Å². The van der Waals surface area contributed by atoms with Crippen molar-refractivity contribution < 1.29 is 17.9 Å². The molecule has 6 nitrogen and oxygen atoms in total. The van der Waals surface area contributed by atoms with Gasteiger partial charge in [-0.3, -0.25) is 9.10 Å². The second kappa shape index (κ2) is 9.97. The van der Waals surface area contributed by atoms with Gasteiger partial charge in [-0.2, -0.15) is 0 Å². The Morgan fingerprint density at radius 3 is 2.14 bits per heavy atom. The van der Waals surface area contributed by atoms with Crippen LogP contribution in [0.5, 0.6) is 5.75 Å². The van der Waals surface area contributed by atoms with Crippen molar-refractivity contribution >= 4 is 21.6 Å². The molecule has 0 aromatic heterocycles. The quantitative estimate of drug-likeness (QED) is 0.470. The first kappa shape index (κ1) is 26.1. The maximum atomic E-state index is 13.1. The normalized spacial score (nSPS) is 27.1. The highest BCUT2D eigenvalue weighted by molar-refractivity contribution is 7.92. The van der Waals surface area contributed by atoms with E-state index in [9.17, 15) is 13.2 Å². The fourth-order valence-corrected chi connectivity index (χ4v) is 8.61. The van der Waals surface area contributed by atoms with Crippen LogP contribution in [0.15, 0.2) is 42.5 Å². The van der Waals surface area contributed by atoms with Crippen molar-refractivity contribution in [2.75, 3.05) is 24.2 Å². The average molecular weight is 525 g/mol. The summed E-state index contributed by atoms with van der Waals surface area (Å²) < 4.78 is 32.1. The minimum Gasteiger partial charge on any atom is -0.496 e. The molecule has 0 saturated heterocycles. The lowest BCUT2D eigenvalue weighted by atomic mass is 9.48. The number of benzene rings is 2. The van der Waals surface area contributed by atoms with E-state index in [1.165, 1.54) is 48.4 Å². The number of hydrogen-bond acceptors (Lipinski definition) is 4. The average Bonchev–Trinajstić information content (AvgIpc) is 2.84. The van der Waals surface area contributed by atoms with Crippen molar-refractivity contribution in [2.45, 2.75) is 70.3 Å². The van der Waals surface area contributed by atoms with E-state index in [2.05, 4.69) is 17.4 Å². The van der Waals surface area contributed by atoms with E-state index in [1.807, 2.05) is 44.2 Å². The van der Waals surface area contributed by atoms with Crippen molar-refractivity contribution in [1.29, 1.82) is 0 Å². The highest BCUT2D eigenvalue weighted by Gasteiger charge is 2.51. The summed E-state index contributed by atoms with van der Waals surface area (Å²) in [5.74, 6) is 3.02. The van der Waals surface area contributed by atoms with Crippen LogP contribution < -0.4 is 14.4 Å². The third-order valence-corrected chi connectivity index (χ3v) is 10.2. The number of nitrogens with zero attached hydrogens (tertiary/aromatic N) is 1. The van der Waals surface area contributed by atoms with Crippen LogP contribution in [-0.4, -0.2) is 34.2 Å². The summed E-state index contributed by atoms with van der Waals surface area (Å²) in [5.41, 5.74) is 4.10. The van der Waals surface area contributed by atoms with Crippen LogP contribution in [0.4, 0.5) is 5.69 Å². The van der Waals surface area contributed by atoms with Gasteiger partial charge in [-0.05, 0) is 110 Å². The summed E-state index contributed by atoms with van der Waals surface area (Å²) in [7, 11) is -2.00. The van der Waals surface area contributed by atoms with Crippen molar-refractivity contribution in [3.8, 4) is 5.75 Å². The Kier molecular flexibility index (Phi) is 7.03. The lowest BCUT2D eigenvalue weighted by Crippen LogP contribution is -2.48. The largest absolute Gasteiger partial charge is 0.496 e. The number of carbonyl (C=O) groups is 1. The predicted molar refractivity (Wildman–Crippen MR) is 147 cm³/mol. The van der Waals surface area contributed by atoms with Gasteiger partial charge in [0.25, 0.3) is 0 Å². The number of methoxy groups -OCH3 is 1. The standard InChI is InChI=1S/C30H40N2O4S/c1-5-27(24-6-11-28(36-3)20(2)12-24)31-29(33)19-32(37(4,34)35)26-9-7-25(8-10-26)30-16-21-13-22(17-30)15-23(14-21)18-30/h6-12,21-23,27H,5,13-19H2,1-4H3,(H,31,33)/t21?,22?,23?,27-,30?/m1/s1. The van der Waals surface area contributed by atoms with Gasteiger partial charge < -0.3 is 10.1 Å². The topological polar surface area (TPSA) is 75.7 Å². The maximum absolute atomic E-state index is 13.1. The molecule has 37 heavy (non-hydrogen) atoms. The second-order valence-corrected chi connectivity index (χ2v) is 13.7. The first-order valence-electron chi connectivity index (χ1n) is 13.6. The molecule has 4 aliphatic rings. The third kappa shape index (κ3) is 5.25. The number of hydrogen-bond donors (Lipinski definition) is 1. The Bertz CT molecular complexity index is 1220. The lowest BCUT2D eigenvalue weighted by Gasteiger charge is -2.57. The molecule has 200 valence electrons. The molecule has 7 heteroatoms. The van der Waals surface area contributed by atoms with Crippen LogP contribution in [0.25, 0.3) is 0 Å². The van der Waals surface area contributed by atoms with Crippen molar-refractivity contribution in [1.82, 2.24) is 5.32 Å². The lowest BCUT2D eigenvalue weighted by molar-refractivity contribution is -0.120. The third-order valence-electron chi connectivity index (χ3n) is 9.06. The molecule has 1 N–H and O–H groups in total.